The van der Waals surface area contributed by atoms with Crippen LogP contribution in [0.3, 0.4) is 0 Å². The lowest BCUT2D eigenvalue weighted by atomic mass is 9.97. The third kappa shape index (κ3) is 5.62. The SMILES string of the molecule is CCOc1cc(COc2ccccc2CC(=O)O)cc(-c2cccc(C(N)CF)c2F)c1. The standard InChI is InChI=1S/C25H25F2NO4/c1-2-31-19-11-16(15-32-23-9-4-3-6-17(23)13-24(29)30)10-18(12-19)20-7-5-8-21(25(20)27)22(28)14-26/h3-12,22H,2,13-15,28H2,1H3,(H,29,30). The minimum absolute atomic E-state index is 0.104. The van der Waals surface area contributed by atoms with E-state index in [0.29, 0.717) is 34.8 Å². The van der Waals surface area contributed by atoms with Crippen molar-refractivity contribution in [2.24, 2.45) is 5.73 Å². The molecule has 3 rings (SSSR count). The minimum Gasteiger partial charge on any atom is -0.494 e. The maximum Gasteiger partial charge on any atom is 0.307 e. The summed E-state index contributed by atoms with van der Waals surface area (Å²) in [6.07, 6.45) is -0.159. The predicted octanol–water partition coefficient (Wildman–Crippen LogP) is 5.07. The topological polar surface area (TPSA) is 81.8 Å². The van der Waals surface area contributed by atoms with Gasteiger partial charge in [0.2, 0.25) is 0 Å². The fraction of sp³-hybridized carbons (Fsp3) is 0.240. The molecule has 0 aliphatic heterocycles. The zero-order valence-corrected chi connectivity index (χ0v) is 17.7. The van der Waals surface area contributed by atoms with Crippen molar-refractivity contribution < 1.29 is 28.2 Å². The molecule has 1 atom stereocenters. The van der Waals surface area contributed by atoms with Gasteiger partial charge < -0.3 is 20.3 Å². The van der Waals surface area contributed by atoms with Crippen molar-refractivity contribution >= 4 is 5.97 Å². The van der Waals surface area contributed by atoms with Crippen LogP contribution < -0.4 is 15.2 Å². The molecule has 0 bridgehead atoms. The third-order valence-electron chi connectivity index (χ3n) is 4.89. The van der Waals surface area contributed by atoms with E-state index in [1.165, 1.54) is 6.07 Å². The van der Waals surface area contributed by atoms with E-state index in [-0.39, 0.29) is 24.2 Å². The van der Waals surface area contributed by atoms with Gasteiger partial charge in [-0.25, -0.2) is 8.78 Å². The lowest BCUT2D eigenvalue weighted by Gasteiger charge is -2.15. The summed E-state index contributed by atoms with van der Waals surface area (Å²) in [6, 6.07) is 15.8. The van der Waals surface area contributed by atoms with E-state index in [4.69, 9.17) is 20.3 Å². The average Bonchev–Trinajstić information content (AvgIpc) is 2.78. The van der Waals surface area contributed by atoms with Gasteiger partial charge in [0, 0.05) is 16.7 Å². The van der Waals surface area contributed by atoms with Gasteiger partial charge in [0.05, 0.1) is 19.1 Å². The molecule has 3 aromatic carbocycles. The molecule has 0 heterocycles. The van der Waals surface area contributed by atoms with E-state index < -0.39 is 24.5 Å². The molecule has 0 fully saturated rings. The molecule has 0 aromatic heterocycles. The lowest BCUT2D eigenvalue weighted by molar-refractivity contribution is -0.136. The fourth-order valence-corrected chi connectivity index (χ4v) is 3.41. The number of hydrogen-bond donors (Lipinski definition) is 2. The quantitative estimate of drug-likeness (QED) is 0.459. The number of rotatable bonds is 10. The third-order valence-corrected chi connectivity index (χ3v) is 4.89. The highest BCUT2D eigenvalue weighted by molar-refractivity contribution is 5.71. The molecular weight excluding hydrogens is 416 g/mol. The molecule has 0 saturated heterocycles. The van der Waals surface area contributed by atoms with Crippen LogP contribution in [0, 0.1) is 5.82 Å². The van der Waals surface area contributed by atoms with Crippen molar-refractivity contribution in [3.05, 3.63) is 83.2 Å². The van der Waals surface area contributed by atoms with Gasteiger partial charge in [-0.15, -0.1) is 0 Å². The van der Waals surface area contributed by atoms with Crippen LogP contribution in [0.2, 0.25) is 0 Å². The van der Waals surface area contributed by atoms with Gasteiger partial charge in [0.1, 0.15) is 30.6 Å². The van der Waals surface area contributed by atoms with E-state index in [1.807, 2.05) is 6.92 Å². The van der Waals surface area contributed by atoms with Crippen molar-refractivity contribution in [2.45, 2.75) is 26.0 Å². The largest absolute Gasteiger partial charge is 0.494 e. The fourth-order valence-electron chi connectivity index (χ4n) is 3.41. The Morgan fingerprint density at radius 3 is 2.59 bits per heavy atom. The Hall–Kier alpha value is -3.45. The highest BCUT2D eigenvalue weighted by Gasteiger charge is 2.17. The molecular formula is C25H25F2NO4. The number of nitrogens with two attached hydrogens (primary N) is 1. The smallest absolute Gasteiger partial charge is 0.307 e. The summed E-state index contributed by atoms with van der Waals surface area (Å²) < 4.78 is 39.6. The molecule has 1 unspecified atom stereocenters. The molecule has 0 aliphatic rings. The summed E-state index contributed by atoms with van der Waals surface area (Å²) in [6.45, 7) is 1.51. The molecule has 32 heavy (non-hydrogen) atoms. The van der Waals surface area contributed by atoms with Crippen LogP contribution in [0.15, 0.2) is 60.7 Å². The van der Waals surface area contributed by atoms with Crippen molar-refractivity contribution in [3.63, 3.8) is 0 Å². The molecule has 0 aliphatic carbocycles. The Bertz CT molecular complexity index is 1090. The Balaban J connectivity index is 1.94. The van der Waals surface area contributed by atoms with Crippen LogP contribution in [0.5, 0.6) is 11.5 Å². The van der Waals surface area contributed by atoms with E-state index in [1.54, 1.807) is 54.6 Å². The first kappa shape index (κ1) is 23.2. The number of benzene rings is 3. The number of carbonyl (C=O) groups is 1. The zero-order chi connectivity index (χ0) is 23.1. The van der Waals surface area contributed by atoms with E-state index in [0.717, 1.165) is 0 Å². The van der Waals surface area contributed by atoms with Crippen molar-refractivity contribution in [3.8, 4) is 22.6 Å². The number of carboxylic acids is 1. The number of aliphatic carboxylic acids is 1. The maximum absolute atomic E-state index is 15.1. The molecule has 5 nitrogen and oxygen atoms in total. The highest BCUT2D eigenvalue weighted by atomic mass is 19.1. The summed E-state index contributed by atoms with van der Waals surface area (Å²) in [5.41, 5.74) is 7.89. The van der Waals surface area contributed by atoms with Gasteiger partial charge in [-0.05, 0) is 42.3 Å². The van der Waals surface area contributed by atoms with E-state index in [2.05, 4.69) is 0 Å². The van der Waals surface area contributed by atoms with Gasteiger partial charge in [-0.2, -0.15) is 0 Å². The van der Waals surface area contributed by atoms with Crippen LogP contribution in [-0.4, -0.2) is 24.4 Å². The van der Waals surface area contributed by atoms with Gasteiger partial charge in [-0.3, -0.25) is 4.79 Å². The molecule has 0 amide bonds. The van der Waals surface area contributed by atoms with E-state index >= 15 is 4.39 Å². The second kappa shape index (κ2) is 10.7. The van der Waals surface area contributed by atoms with Crippen molar-refractivity contribution in [2.75, 3.05) is 13.3 Å². The Morgan fingerprint density at radius 2 is 1.88 bits per heavy atom. The number of hydrogen-bond acceptors (Lipinski definition) is 4. The summed E-state index contributed by atoms with van der Waals surface area (Å²) in [7, 11) is 0. The molecule has 3 N–H and O–H groups in total. The molecule has 3 aromatic rings. The molecule has 0 spiro atoms. The van der Waals surface area contributed by atoms with Crippen molar-refractivity contribution in [1.82, 2.24) is 0 Å². The summed E-state index contributed by atoms with van der Waals surface area (Å²) in [4.78, 5) is 11.1. The average molecular weight is 441 g/mol. The molecule has 168 valence electrons. The Morgan fingerprint density at radius 1 is 1.09 bits per heavy atom. The van der Waals surface area contributed by atoms with Crippen LogP contribution in [0.25, 0.3) is 11.1 Å². The van der Waals surface area contributed by atoms with Gasteiger partial charge in [0.15, 0.2) is 0 Å². The normalized spacial score (nSPS) is 11.8. The molecule has 0 radical (unpaired) electrons. The van der Waals surface area contributed by atoms with Crippen LogP contribution in [-0.2, 0) is 17.8 Å². The summed E-state index contributed by atoms with van der Waals surface area (Å²) in [5.74, 6) is -0.545. The van der Waals surface area contributed by atoms with Crippen molar-refractivity contribution in [1.29, 1.82) is 0 Å². The number of alkyl halides is 1. The highest BCUT2D eigenvalue weighted by Crippen LogP contribution is 2.32. The number of carboxylic acid groups (broad SMARTS) is 1. The van der Waals surface area contributed by atoms with E-state index in [9.17, 15) is 9.18 Å². The number of para-hydroxylation sites is 1. The second-order valence-corrected chi connectivity index (χ2v) is 7.24. The van der Waals surface area contributed by atoms with Crippen LogP contribution in [0.4, 0.5) is 8.78 Å². The molecule has 0 saturated carbocycles. The first-order valence-electron chi connectivity index (χ1n) is 10.2. The first-order chi connectivity index (χ1) is 15.4. The maximum atomic E-state index is 15.1. The first-order valence-corrected chi connectivity index (χ1v) is 10.2. The van der Waals surface area contributed by atoms with Gasteiger partial charge in [0.25, 0.3) is 0 Å². The Labute approximate surface area is 185 Å². The zero-order valence-electron chi connectivity index (χ0n) is 17.7. The van der Waals surface area contributed by atoms with Gasteiger partial charge in [-0.1, -0.05) is 36.4 Å². The summed E-state index contributed by atoms with van der Waals surface area (Å²) in [5, 5.41) is 9.10. The second-order valence-electron chi connectivity index (χ2n) is 7.24. The molecule has 7 heteroatoms. The Kier molecular flexibility index (Phi) is 7.78. The summed E-state index contributed by atoms with van der Waals surface area (Å²) >= 11 is 0. The van der Waals surface area contributed by atoms with Crippen LogP contribution >= 0.6 is 0 Å². The van der Waals surface area contributed by atoms with Gasteiger partial charge >= 0.3 is 5.97 Å². The van der Waals surface area contributed by atoms with Crippen LogP contribution in [0.1, 0.15) is 29.7 Å². The number of ether oxygens (including phenoxy) is 2. The monoisotopic (exact) mass is 441 g/mol. The number of halogens is 2. The minimum atomic E-state index is -1.04. The predicted molar refractivity (Wildman–Crippen MR) is 118 cm³/mol. The lowest BCUT2D eigenvalue weighted by Crippen LogP contribution is -2.14.